The number of nitrogens with zero attached hydrogens (tertiary/aromatic N) is 4. The molecule has 32 heavy (non-hydrogen) atoms. The number of rotatable bonds is 6. The van der Waals surface area contributed by atoms with Crippen LogP contribution in [0.15, 0.2) is 34.8 Å². The van der Waals surface area contributed by atoms with Gasteiger partial charge >= 0.3 is 0 Å². The highest BCUT2D eigenvalue weighted by Crippen LogP contribution is 2.23. The quantitative estimate of drug-likeness (QED) is 0.651. The molecule has 1 aliphatic heterocycles. The summed E-state index contributed by atoms with van der Waals surface area (Å²) in [4.78, 5) is 45.9. The molecule has 0 amide bonds. The van der Waals surface area contributed by atoms with Crippen molar-refractivity contribution in [1.29, 1.82) is 0 Å². The summed E-state index contributed by atoms with van der Waals surface area (Å²) in [7, 11) is 1.73. The van der Waals surface area contributed by atoms with E-state index in [0.29, 0.717) is 12.8 Å². The van der Waals surface area contributed by atoms with Crippen molar-refractivity contribution in [3.8, 4) is 0 Å². The lowest BCUT2D eigenvalue weighted by atomic mass is 9.92. The summed E-state index contributed by atoms with van der Waals surface area (Å²) in [5.41, 5.74) is 3.94. The van der Waals surface area contributed by atoms with Gasteiger partial charge in [-0.2, -0.15) is 0 Å². The maximum absolute atomic E-state index is 12.6. The number of anilines is 1. The Labute approximate surface area is 188 Å². The molecule has 7 nitrogen and oxygen atoms in total. The van der Waals surface area contributed by atoms with E-state index in [0.717, 1.165) is 67.4 Å². The van der Waals surface area contributed by atoms with Crippen molar-refractivity contribution in [2.75, 3.05) is 31.1 Å². The van der Waals surface area contributed by atoms with Gasteiger partial charge in [0.25, 0.3) is 5.56 Å². The van der Waals surface area contributed by atoms with E-state index in [9.17, 15) is 14.4 Å². The maximum Gasteiger partial charge on any atom is 0.262 e. The lowest BCUT2D eigenvalue weighted by Crippen LogP contribution is -2.47. The summed E-state index contributed by atoms with van der Waals surface area (Å²) in [5, 5.41) is 0. The van der Waals surface area contributed by atoms with Crippen LogP contribution in [-0.4, -0.2) is 52.2 Å². The van der Waals surface area contributed by atoms with Gasteiger partial charge in [0.15, 0.2) is 11.6 Å². The van der Waals surface area contributed by atoms with Gasteiger partial charge in [-0.1, -0.05) is 19.9 Å². The second-order valence-corrected chi connectivity index (χ2v) is 8.52. The Morgan fingerprint density at radius 1 is 1.09 bits per heavy atom. The highest BCUT2D eigenvalue weighted by Gasteiger charge is 2.22. The Morgan fingerprint density at radius 2 is 1.84 bits per heavy atom. The number of carbonyl (C=O) groups excluding carboxylic acids is 2. The average molecular weight is 435 g/mol. The van der Waals surface area contributed by atoms with Gasteiger partial charge in [-0.15, -0.1) is 0 Å². The number of allylic oxidation sites excluding steroid dienone is 1. The number of piperazine rings is 1. The van der Waals surface area contributed by atoms with Crippen LogP contribution in [0, 0.1) is 0 Å². The third kappa shape index (κ3) is 4.30. The number of fused-ring (bicyclic) bond motifs is 1. The molecule has 1 aliphatic carbocycles. The maximum atomic E-state index is 12.6. The summed E-state index contributed by atoms with van der Waals surface area (Å²) in [5.74, 6) is 0.920. The minimum atomic E-state index is -0.230. The first-order valence-corrected chi connectivity index (χ1v) is 11.3. The number of aromatic nitrogens is 2. The molecule has 0 bridgehead atoms. The fraction of sp³-hybridized carbons (Fsp3) is 0.440. The summed E-state index contributed by atoms with van der Waals surface area (Å²) < 4.78 is 1.58. The van der Waals surface area contributed by atoms with Crippen LogP contribution in [0.1, 0.15) is 53.9 Å². The van der Waals surface area contributed by atoms with Crippen LogP contribution in [0.25, 0.3) is 6.08 Å². The first-order chi connectivity index (χ1) is 15.4. The summed E-state index contributed by atoms with van der Waals surface area (Å²) >= 11 is 0. The molecule has 1 fully saturated rings. The van der Waals surface area contributed by atoms with E-state index >= 15 is 0 Å². The molecule has 2 aliphatic rings. The van der Waals surface area contributed by atoms with Crippen molar-refractivity contribution in [2.24, 2.45) is 7.05 Å². The lowest BCUT2D eigenvalue weighted by molar-refractivity contribution is -0.115. The molecule has 168 valence electrons. The fourth-order valence-electron chi connectivity index (χ4n) is 4.50. The number of carbonyl (C=O) groups is 2. The zero-order chi connectivity index (χ0) is 22.8. The SMILES string of the molecule is CCC(=O)c1ccc(N2CCN(Cc3cnc4c(c3)CC(=O)C(CC)=C4)CC2)n(C)c1=O. The zero-order valence-corrected chi connectivity index (χ0v) is 19.1. The summed E-state index contributed by atoms with van der Waals surface area (Å²) in [6.07, 6.45) is 5.35. The van der Waals surface area contributed by atoms with E-state index < -0.39 is 0 Å². The molecular formula is C25H30N4O3. The zero-order valence-electron chi connectivity index (χ0n) is 19.1. The van der Waals surface area contributed by atoms with Gasteiger partial charge < -0.3 is 4.90 Å². The van der Waals surface area contributed by atoms with E-state index in [4.69, 9.17) is 0 Å². The van der Waals surface area contributed by atoms with Gasteiger partial charge in [0, 0.05) is 58.8 Å². The molecule has 1 saturated heterocycles. The molecule has 0 atom stereocenters. The molecule has 0 saturated carbocycles. The molecule has 0 spiro atoms. The predicted octanol–water partition coefficient (Wildman–Crippen LogP) is 2.61. The minimum absolute atomic E-state index is 0.122. The van der Waals surface area contributed by atoms with Crippen LogP contribution in [-0.2, 0) is 24.8 Å². The summed E-state index contributed by atoms with van der Waals surface area (Å²) in [6, 6.07) is 5.65. The minimum Gasteiger partial charge on any atom is -0.355 e. The van der Waals surface area contributed by atoms with Crippen LogP contribution in [0.5, 0.6) is 0 Å². The molecular weight excluding hydrogens is 404 g/mol. The lowest BCUT2D eigenvalue weighted by Gasteiger charge is -2.36. The van der Waals surface area contributed by atoms with Crippen LogP contribution in [0.4, 0.5) is 5.82 Å². The largest absolute Gasteiger partial charge is 0.355 e. The first-order valence-electron chi connectivity index (χ1n) is 11.3. The third-order valence-electron chi connectivity index (χ3n) is 6.46. The van der Waals surface area contributed by atoms with Crippen molar-refractivity contribution in [1.82, 2.24) is 14.5 Å². The Morgan fingerprint density at radius 3 is 2.53 bits per heavy atom. The normalized spacial score (nSPS) is 16.7. The smallest absolute Gasteiger partial charge is 0.262 e. The first kappa shape index (κ1) is 22.1. The Balaban J connectivity index is 1.41. The molecule has 0 unspecified atom stereocenters. The van der Waals surface area contributed by atoms with Gasteiger partial charge in [-0.25, -0.2) is 0 Å². The highest BCUT2D eigenvalue weighted by molar-refractivity contribution is 6.03. The number of ketones is 2. The van der Waals surface area contributed by atoms with Gasteiger partial charge in [0.05, 0.1) is 11.3 Å². The third-order valence-corrected chi connectivity index (χ3v) is 6.46. The second kappa shape index (κ2) is 9.20. The van der Waals surface area contributed by atoms with Crippen molar-refractivity contribution < 1.29 is 9.59 Å². The Hall–Kier alpha value is -3.06. The molecule has 0 aromatic carbocycles. The van der Waals surface area contributed by atoms with E-state index in [2.05, 4.69) is 20.9 Å². The van der Waals surface area contributed by atoms with Gasteiger partial charge in [0.2, 0.25) is 0 Å². The molecule has 0 radical (unpaired) electrons. The van der Waals surface area contributed by atoms with Crippen molar-refractivity contribution in [2.45, 2.75) is 39.7 Å². The molecule has 3 heterocycles. The van der Waals surface area contributed by atoms with E-state index in [1.807, 2.05) is 25.3 Å². The number of Topliss-reactive ketones (excluding diaryl/α,β-unsaturated/α-hetero) is 2. The van der Waals surface area contributed by atoms with E-state index in [1.54, 1.807) is 24.6 Å². The molecule has 2 aromatic rings. The summed E-state index contributed by atoms with van der Waals surface area (Å²) in [6.45, 7) is 7.88. The van der Waals surface area contributed by atoms with Crippen LogP contribution >= 0.6 is 0 Å². The molecule has 0 N–H and O–H groups in total. The number of hydrogen-bond donors (Lipinski definition) is 0. The molecule has 2 aromatic heterocycles. The fourth-order valence-corrected chi connectivity index (χ4v) is 4.50. The van der Waals surface area contributed by atoms with Crippen LogP contribution in [0.2, 0.25) is 0 Å². The second-order valence-electron chi connectivity index (χ2n) is 8.52. The standard InChI is InChI=1S/C25H30N4O3/c1-4-18-13-21-19(14-23(18)31)12-17(15-26-21)16-28-8-10-29(11-9-28)24-7-6-20(22(30)5-2)25(32)27(24)3/h6-7,12-13,15H,4-5,8-11,14,16H2,1-3H3. The molecule has 7 heteroatoms. The highest BCUT2D eigenvalue weighted by atomic mass is 16.1. The Bertz CT molecular complexity index is 1140. The van der Waals surface area contributed by atoms with Crippen molar-refractivity contribution >= 4 is 23.5 Å². The molecule has 4 rings (SSSR count). The van der Waals surface area contributed by atoms with E-state index in [1.165, 1.54) is 0 Å². The average Bonchev–Trinajstić information content (AvgIpc) is 2.80. The topological polar surface area (TPSA) is 75.5 Å². The van der Waals surface area contributed by atoms with Gasteiger partial charge in [-0.3, -0.25) is 28.8 Å². The van der Waals surface area contributed by atoms with E-state index in [-0.39, 0.29) is 22.7 Å². The van der Waals surface area contributed by atoms with Crippen molar-refractivity contribution in [3.05, 3.63) is 62.7 Å². The predicted molar refractivity (Wildman–Crippen MR) is 125 cm³/mol. The van der Waals surface area contributed by atoms with Crippen LogP contribution in [0.3, 0.4) is 0 Å². The van der Waals surface area contributed by atoms with Gasteiger partial charge in [-0.05, 0) is 41.3 Å². The van der Waals surface area contributed by atoms with Gasteiger partial charge in [0.1, 0.15) is 5.82 Å². The Kier molecular flexibility index (Phi) is 6.37. The van der Waals surface area contributed by atoms with Crippen LogP contribution < -0.4 is 10.5 Å². The van der Waals surface area contributed by atoms with Crippen molar-refractivity contribution in [3.63, 3.8) is 0 Å². The number of pyridine rings is 2. The monoisotopic (exact) mass is 434 g/mol. The number of hydrogen-bond acceptors (Lipinski definition) is 6.